The molecule has 1 aliphatic heterocycles. The molecule has 8 heteroatoms. The number of fused-ring (bicyclic) bond motifs is 1. The molecule has 1 aliphatic rings. The molecule has 0 aromatic heterocycles. The van der Waals surface area contributed by atoms with Gasteiger partial charge in [-0.25, -0.2) is 0 Å². The highest BCUT2D eigenvalue weighted by Gasteiger charge is 2.32. The Morgan fingerprint density at radius 2 is 1.37 bits per heavy atom. The quantitative estimate of drug-likeness (QED) is 0.636. The van der Waals surface area contributed by atoms with Crippen LogP contribution < -0.4 is 33.2 Å². The topological polar surface area (TPSA) is 81.7 Å². The van der Waals surface area contributed by atoms with Crippen LogP contribution in [-0.4, -0.2) is 55.0 Å². The lowest BCUT2D eigenvalue weighted by Crippen LogP contribution is -2.20. The van der Waals surface area contributed by atoms with E-state index in [4.69, 9.17) is 33.2 Å². The molecular formula is C22H24O8. The lowest BCUT2D eigenvalue weighted by atomic mass is 9.96. The van der Waals surface area contributed by atoms with Crippen LogP contribution in [0.1, 0.15) is 15.9 Å². The summed E-state index contributed by atoms with van der Waals surface area (Å²) < 4.78 is 38.2. The van der Waals surface area contributed by atoms with E-state index in [2.05, 4.69) is 0 Å². The van der Waals surface area contributed by atoms with Crippen LogP contribution >= 0.6 is 0 Å². The molecule has 1 heterocycles. The third-order valence-corrected chi connectivity index (χ3v) is 4.76. The first kappa shape index (κ1) is 21.2. The normalized spacial score (nSPS) is 13.9. The summed E-state index contributed by atoms with van der Waals surface area (Å²) in [7, 11) is 9.02. The first-order valence-corrected chi connectivity index (χ1v) is 9.04. The minimum Gasteiger partial charge on any atom is -0.493 e. The zero-order chi connectivity index (χ0) is 21.8. The summed E-state index contributed by atoms with van der Waals surface area (Å²) in [5, 5.41) is 0. The standard InChI is InChI=1S/C22H24O8/c1-24-14-8-7-12(19(26-3)20(14)27-4)9-13-11-30-15-10-16(25-2)21(28-5)22(29-6)17(15)18(13)23/h7-10H,11H2,1-6H3/b13-9+. The molecule has 3 rings (SSSR count). The highest BCUT2D eigenvalue weighted by atomic mass is 16.5. The van der Waals surface area contributed by atoms with Gasteiger partial charge < -0.3 is 33.2 Å². The van der Waals surface area contributed by atoms with Crippen LogP contribution in [0.2, 0.25) is 0 Å². The number of rotatable bonds is 7. The van der Waals surface area contributed by atoms with Crippen LogP contribution in [0, 0.1) is 0 Å². The second-order valence-corrected chi connectivity index (χ2v) is 6.23. The van der Waals surface area contributed by atoms with Gasteiger partial charge in [0, 0.05) is 17.2 Å². The third-order valence-electron chi connectivity index (χ3n) is 4.76. The van der Waals surface area contributed by atoms with E-state index in [-0.39, 0.29) is 23.7 Å². The van der Waals surface area contributed by atoms with Crippen LogP contribution in [0.4, 0.5) is 0 Å². The van der Waals surface area contributed by atoms with Gasteiger partial charge in [0.05, 0.1) is 42.7 Å². The molecule has 160 valence electrons. The average molecular weight is 416 g/mol. The molecule has 2 aromatic rings. The van der Waals surface area contributed by atoms with Crippen LogP contribution in [-0.2, 0) is 0 Å². The Bertz CT molecular complexity index is 993. The molecule has 0 fully saturated rings. The van der Waals surface area contributed by atoms with Gasteiger partial charge in [0.25, 0.3) is 0 Å². The number of methoxy groups -OCH3 is 6. The summed E-state index contributed by atoms with van der Waals surface area (Å²) in [5.74, 6) is 2.51. The summed E-state index contributed by atoms with van der Waals surface area (Å²) in [6.07, 6.45) is 1.70. The second kappa shape index (κ2) is 8.86. The fourth-order valence-electron chi connectivity index (χ4n) is 3.38. The monoisotopic (exact) mass is 416 g/mol. The predicted molar refractivity (Wildman–Crippen MR) is 110 cm³/mol. The maximum Gasteiger partial charge on any atom is 0.204 e. The van der Waals surface area contributed by atoms with Crippen molar-refractivity contribution >= 4 is 11.9 Å². The van der Waals surface area contributed by atoms with Gasteiger partial charge in [0.15, 0.2) is 28.8 Å². The smallest absolute Gasteiger partial charge is 0.204 e. The minimum atomic E-state index is -0.245. The molecule has 0 spiro atoms. The van der Waals surface area contributed by atoms with Crippen molar-refractivity contribution in [3.63, 3.8) is 0 Å². The molecule has 0 amide bonds. The molecule has 0 aliphatic carbocycles. The number of hydrogen-bond donors (Lipinski definition) is 0. The lowest BCUT2D eigenvalue weighted by Gasteiger charge is -2.24. The number of ketones is 1. The van der Waals surface area contributed by atoms with Gasteiger partial charge in [0.2, 0.25) is 11.5 Å². The van der Waals surface area contributed by atoms with Crippen molar-refractivity contribution in [2.45, 2.75) is 0 Å². The summed E-state index contributed by atoms with van der Waals surface area (Å²) in [6.45, 7) is 0.0714. The van der Waals surface area contributed by atoms with Crippen molar-refractivity contribution in [3.05, 3.63) is 34.9 Å². The zero-order valence-corrected chi connectivity index (χ0v) is 17.8. The molecule has 0 saturated carbocycles. The van der Waals surface area contributed by atoms with Crippen molar-refractivity contribution in [2.75, 3.05) is 49.3 Å². The highest BCUT2D eigenvalue weighted by molar-refractivity contribution is 6.16. The molecule has 30 heavy (non-hydrogen) atoms. The van der Waals surface area contributed by atoms with Crippen LogP contribution in [0.5, 0.6) is 40.2 Å². The van der Waals surface area contributed by atoms with E-state index in [1.165, 1.54) is 35.5 Å². The van der Waals surface area contributed by atoms with Crippen LogP contribution in [0.3, 0.4) is 0 Å². The summed E-state index contributed by atoms with van der Waals surface area (Å²) in [5.41, 5.74) is 1.33. The van der Waals surface area contributed by atoms with E-state index in [0.717, 1.165) is 0 Å². The molecule has 0 unspecified atom stereocenters. The first-order chi connectivity index (χ1) is 14.5. The molecule has 0 N–H and O–H groups in total. The van der Waals surface area contributed by atoms with E-state index >= 15 is 0 Å². The molecule has 0 radical (unpaired) electrons. The summed E-state index contributed by atoms with van der Waals surface area (Å²) in [6, 6.07) is 5.13. The Morgan fingerprint density at radius 1 is 0.767 bits per heavy atom. The Balaban J connectivity index is 2.13. The predicted octanol–water partition coefficient (Wildman–Crippen LogP) is 3.40. The fourth-order valence-corrected chi connectivity index (χ4v) is 3.38. The number of benzene rings is 2. The van der Waals surface area contributed by atoms with Gasteiger partial charge in [-0.1, -0.05) is 0 Å². The minimum absolute atomic E-state index is 0.0714. The average Bonchev–Trinajstić information content (AvgIpc) is 2.78. The van der Waals surface area contributed by atoms with Gasteiger partial charge in [-0.15, -0.1) is 0 Å². The number of carbonyl (C=O) groups excluding carboxylic acids is 1. The highest BCUT2D eigenvalue weighted by Crippen LogP contribution is 2.48. The third kappa shape index (κ3) is 3.45. The fraction of sp³-hybridized carbons (Fsp3) is 0.318. The molecule has 0 saturated heterocycles. The van der Waals surface area contributed by atoms with E-state index in [0.29, 0.717) is 45.6 Å². The van der Waals surface area contributed by atoms with Gasteiger partial charge in [-0.05, 0) is 18.2 Å². The Morgan fingerprint density at radius 3 is 1.93 bits per heavy atom. The van der Waals surface area contributed by atoms with Gasteiger partial charge >= 0.3 is 0 Å². The molecule has 8 nitrogen and oxygen atoms in total. The molecule has 0 atom stereocenters. The van der Waals surface area contributed by atoms with Crippen molar-refractivity contribution in [2.24, 2.45) is 0 Å². The first-order valence-electron chi connectivity index (χ1n) is 9.04. The number of carbonyl (C=O) groups is 1. The SMILES string of the molecule is COc1ccc(/C=C2\COc3cc(OC)c(OC)c(OC)c3C2=O)c(OC)c1OC. The largest absolute Gasteiger partial charge is 0.493 e. The zero-order valence-electron chi connectivity index (χ0n) is 17.8. The molecular weight excluding hydrogens is 392 g/mol. The van der Waals surface area contributed by atoms with E-state index in [1.54, 1.807) is 31.4 Å². The number of Topliss-reactive ketones (excluding diaryl/α,β-unsaturated/α-hetero) is 1. The number of hydrogen-bond acceptors (Lipinski definition) is 8. The van der Waals surface area contributed by atoms with Crippen molar-refractivity contribution in [3.8, 4) is 40.2 Å². The Kier molecular flexibility index (Phi) is 6.25. The maximum atomic E-state index is 13.3. The molecule has 2 aromatic carbocycles. The van der Waals surface area contributed by atoms with Gasteiger partial charge in [-0.2, -0.15) is 0 Å². The second-order valence-electron chi connectivity index (χ2n) is 6.23. The van der Waals surface area contributed by atoms with E-state index < -0.39 is 0 Å². The van der Waals surface area contributed by atoms with Crippen LogP contribution in [0.15, 0.2) is 23.8 Å². The summed E-state index contributed by atoms with van der Waals surface area (Å²) in [4.78, 5) is 13.3. The van der Waals surface area contributed by atoms with Crippen molar-refractivity contribution < 1.29 is 38.0 Å². The van der Waals surface area contributed by atoms with E-state index in [1.807, 2.05) is 0 Å². The Hall–Kier alpha value is -3.55. The van der Waals surface area contributed by atoms with Crippen molar-refractivity contribution in [1.82, 2.24) is 0 Å². The van der Waals surface area contributed by atoms with Crippen LogP contribution in [0.25, 0.3) is 6.08 Å². The maximum absolute atomic E-state index is 13.3. The summed E-state index contributed by atoms with van der Waals surface area (Å²) >= 11 is 0. The number of ether oxygens (including phenoxy) is 7. The molecule has 0 bridgehead atoms. The van der Waals surface area contributed by atoms with Gasteiger partial charge in [0.1, 0.15) is 17.9 Å². The lowest BCUT2D eigenvalue weighted by molar-refractivity contribution is 0.0996. The van der Waals surface area contributed by atoms with E-state index in [9.17, 15) is 4.79 Å². The Labute approximate surface area is 174 Å². The van der Waals surface area contributed by atoms with Gasteiger partial charge in [-0.3, -0.25) is 4.79 Å². The van der Waals surface area contributed by atoms with Crippen molar-refractivity contribution in [1.29, 1.82) is 0 Å².